The topological polar surface area (TPSA) is 76.6 Å². The first-order valence-corrected chi connectivity index (χ1v) is 11.1. The normalized spacial score (nSPS) is 12.9. The van der Waals surface area contributed by atoms with E-state index in [4.69, 9.17) is 27.9 Å². The highest BCUT2D eigenvalue weighted by molar-refractivity contribution is 6.38. The predicted octanol–water partition coefficient (Wildman–Crippen LogP) is 6.01. The van der Waals surface area contributed by atoms with Crippen LogP contribution in [0.15, 0.2) is 66.7 Å². The second-order valence-corrected chi connectivity index (χ2v) is 8.61. The number of carbonyl (C=O) groups excluding carboxylic acids is 3. The van der Waals surface area contributed by atoms with E-state index in [1.807, 2.05) is 6.07 Å². The van der Waals surface area contributed by atoms with Crippen molar-refractivity contribution in [1.29, 1.82) is 0 Å². The fourth-order valence-electron chi connectivity index (χ4n) is 3.98. The first-order valence-electron chi connectivity index (χ1n) is 10.3. The maximum Gasteiger partial charge on any atom is 0.338 e. The molecule has 6 nitrogen and oxygen atoms in total. The van der Waals surface area contributed by atoms with Gasteiger partial charge in [-0.15, -0.1) is 0 Å². The minimum absolute atomic E-state index is 0.0195. The maximum atomic E-state index is 13.3. The molecule has 0 fully saturated rings. The van der Waals surface area contributed by atoms with Gasteiger partial charge in [0, 0.05) is 21.0 Å². The Morgan fingerprint density at radius 2 is 1.65 bits per heavy atom. The Labute approximate surface area is 204 Å². The van der Waals surface area contributed by atoms with Crippen molar-refractivity contribution in [3.8, 4) is 0 Å². The quantitative estimate of drug-likeness (QED) is 0.258. The summed E-state index contributed by atoms with van der Waals surface area (Å²) < 4.78 is 5.33. The van der Waals surface area contributed by atoms with Crippen LogP contribution in [0.3, 0.4) is 0 Å². The number of imide groups is 1. The summed E-state index contributed by atoms with van der Waals surface area (Å²) in [5.74, 6) is -1.43. The molecule has 0 bridgehead atoms. The number of benzene rings is 3. The van der Waals surface area contributed by atoms with Gasteiger partial charge in [-0.1, -0.05) is 47.5 Å². The van der Waals surface area contributed by atoms with Crippen LogP contribution < -0.4 is 4.90 Å². The van der Waals surface area contributed by atoms with Gasteiger partial charge < -0.3 is 4.74 Å². The average Bonchev–Trinajstić information content (AvgIpc) is 3.09. The molecule has 2 heterocycles. The fraction of sp³-hybridized carbons (Fsp3) is 0.0769. The summed E-state index contributed by atoms with van der Waals surface area (Å²) in [5, 5.41) is 1.52. The molecule has 2 amide bonds. The molecular formula is C26H16Cl2N2O4. The molecule has 1 aromatic heterocycles. The molecular weight excluding hydrogens is 475 g/mol. The van der Waals surface area contributed by atoms with E-state index in [1.54, 1.807) is 55.5 Å². The number of rotatable bonds is 4. The minimum atomic E-state index is -0.564. The van der Waals surface area contributed by atoms with Crippen LogP contribution in [0.25, 0.3) is 10.9 Å². The van der Waals surface area contributed by atoms with E-state index in [-0.39, 0.29) is 12.2 Å². The Hall–Kier alpha value is -3.74. The summed E-state index contributed by atoms with van der Waals surface area (Å²) in [5.41, 5.74) is 3.04. The number of aromatic nitrogens is 1. The highest BCUT2D eigenvalue weighted by atomic mass is 35.5. The lowest BCUT2D eigenvalue weighted by atomic mass is 10.0. The second kappa shape index (κ2) is 8.56. The number of anilines is 1. The molecule has 1 aliphatic heterocycles. The zero-order chi connectivity index (χ0) is 24.0. The summed E-state index contributed by atoms with van der Waals surface area (Å²) in [6.45, 7) is 1.69. The number of hydrogen-bond donors (Lipinski definition) is 0. The van der Waals surface area contributed by atoms with Gasteiger partial charge in [-0.25, -0.2) is 9.69 Å². The Kier molecular flexibility index (Phi) is 5.55. The van der Waals surface area contributed by atoms with Crippen LogP contribution in [-0.2, 0) is 11.3 Å². The van der Waals surface area contributed by atoms with Crippen LogP contribution in [0, 0.1) is 6.92 Å². The zero-order valence-corrected chi connectivity index (χ0v) is 19.4. The van der Waals surface area contributed by atoms with E-state index < -0.39 is 17.8 Å². The number of aryl methyl sites for hydroxylation is 1. The van der Waals surface area contributed by atoms with Gasteiger partial charge >= 0.3 is 5.97 Å². The molecule has 5 rings (SSSR count). The predicted molar refractivity (Wildman–Crippen MR) is 130 cm³/mol. The minimum Gasteiger partial charge on any atom is -0.457 e. The van der Waals surface area contributed by atoms with Crippen LogP contribution in [0.1, 0.15) is 42.3 Å². The number of halogens is 2. The number of carbonyl (C=O) groups is 3. The van der Waals surface area contributed by atoms with Crippen molar-refractivity contribution < 1.29 is 19.1 Å². The van der Waals surface area contributed by atoms with Crippen molar-refractivity contribution in [2.75, 3.05) is 4.90 Å². The molecule has 0 atom stereocenters. The van der Waals surface area contributed by atoms with E-state index >= 15 is 0 Å². The Bertz CT molecular complexity index is 1500. The van der Waals surface area contributed by atoms with Crippen LogP contribution >= 0.6 is 23.2 Å². The molecule has 0 aliphatic carbocycles. The molecule has 168 valence electrons. The number of esters is 1. The fourth-order valence-corrected chi connectivity index (χ4v) is 4.44. The summed E-state index contributed by atoms with van der Waals surface area (Å²) in [6.07, 6.45) is 0. The molecule has 34 heavy (non-hydrogen) atoms. The average molecular weight is 491 g/mol. The molecule has 0 unspecified atom stereocenters. The van der Waals surface area contributed by atoms with Gasteiger partial charge in [-0.3, -0.25) is 14.6 Å². The van der Waals surface area contributed by atoms with E-state index in [9.17, 15) is 14.4 Å². The lowest BCUT2D eigenvalue weighted by Crippen LogP contribution is -2.29. The third kappa shape index (κ3) is 3.71. The summed E-state index contributed by atoms with van der Waals surface area (Å²) >= 11 is 12.0. The van der Waals surface area contributed by atoms with Crippen LogP contribution in [0.5, 0.6) is 0 Å². The third-order valence-corrected chi connectivity index (χ3v) is 6.23. The van der Waals surface area contributed by atoms with E-state index in [0.717, 1.165) is 4.90 Å². The first-order chi connectivity index (χ1) is 16.3. The molecule has 3 aromatic carbocycles. The summed E-state index contributed by atoms with van der Waals surface area (Å²) in [4.78, 5) is 44.5. The van der Waals surface area contributed by atoms with E-state index in [2.05, 4.69) is 4.98 Å². The van der Waals surface area contributed by atoms with E-state index in [1.165, 1.54) is 12.1 Å². The van der Waals surface area contributed by atoms with Gasteiger partial charge in [0.15, 0.2) is 0 Å². The van der Waals surface area contributed by atoms with Crippen molar-refractivity contribution in [1.82, 2.24) is 4.98 Å². The number of fused-ring (bicyclic) bond motifs is 3. The lowest BCUT2D eigenvalue weighted by molar-refractivity contribution is 0.0472. The van der Waals surface area contributed by atoms with Crippen molar-refractivity contribution in [3.05, 3.63) is 105 Å². The Balaban J connectivity index is 1.38. The molecule has 0 N–H and O–H groups in total. The molecule has 0 saturated carbocycles. The van der Waals surface area contributed by atoms with Crippen molar-refractivity contribution in [2.24, 2.45) is 0 Å². The van der Waals surface area contributed by atoms with Crippen LogP contribution in [-0.4, -0.2) is 22.8 Å². The number of amides is 2. The monoisotopic (exact) mass is 490 g/mol. The highest BCUT2D eigenvalue weighted by Gasteiger charge is 2.40. The smallest absolute Gasteiger partial charge is 0.338 e. The molecule has 4 aromatic rings. The molecule has 0 saturated heterocycles. The van der Waals surface area contributed by atoms with Crippen LogP contribution in [0.4, 0.5) is 5.69 Å². The number of nitrogens with zero attached hydrogens (tertiary/aromatic N) is 2. The molecule has 0 radical (unpaired) electrons. The van der Waals surface area contributed by atoms with Crippen molar-refractivity contribution >= 4 is 57.6 Å². The largest absolute Gasteiger partial charge is 0.457 e. The van der Waals surface area contributed by atoms with E-state index in [0.29, 0.717) is 49.0 Å². The van der Waals surface area contributed by atoms with Crippen molar-refractivity contribution in [2.45, 2.75) is 13.5 Å². The van der Waals surface area contributed by atoms with Gasteiger partial charge in [0.1, 0.15) is 6.61 Å². The third-order valence-electron chi connectivity index (χ3n) is 5.64. The Morgan fingerprint density at radius 1 is 0.941 bits per heavy atom. The van der Waals surface area contributed by atoms with Gasteiger partial charge in [0.05, 0.1) is 33.6 Å². The number of hydrogen-bond acceptors (Lipinski definition) is 5. The van der Waals surface area contributed by atoms with Crippen LogP contribution in [0.2, 0.25) is 10.0 Å². The molecule has 0 spiro atoms. The van der Waals surface area contributed by atoms with Gasteiger partial charge in [-0.05, 0) is 49.4 Å². The van der Waals surface area contributed by atoms with Crippen molar-refractivity contribution in [3.63, 3.8) is 0 Å². The SMILES string of the molecule is Cc1nc2ccccc2c2c1C(=O)N(c1ccc(C(=O)OCc3ccc(Cl)cc3Cl)cc1)C2=O. The standard InChI is InChI=1S/C26H16Cl2N2O4/c1-14-22-23(19-4-2-3-5-21(19)29-14)25(32)30(24(22)31)18-10-7-15(8-11-18)26(33)34-13-16-6-9-17(27)12-20(16)28/h2-12H,13H2,1H3. The number of ether oxygens (including phenoxy) is 1. The van der Waals surface area contributed by atoms with Gasteiger partial charge in [0.2, 0.25) is 0 Å². The summed E-state index contributed by atoms with van der Waals surface area (Å²) in [7, 11) is 0. The first kappa shape index (κ1) is 22.1. The van der Waals surface area contributed by atoms with Gasteiger partial charge in [-0.2, -0.15) is 0 Å². The zero-order valence-electron chi connectivity index (χ0n) is 17.8. The second-order valence-electron chi connectivity index (χ2n) is 7.77. The summed E-state index contributed by atoms with van der Waals surface area (Å²) in [6, 6.07) is 18.2. The van der Waals surface area contributed by atoms with Gasteiger partial charge in [0.25, 0.3) is 11.8 Å². The number of para-hydroxylation sites is 1. The highest BCUT2D eigenvalue weighted by Crippen LogP contribution is 2.34. The lowest BCUT2D eigenvalue weighted by Gasteiger charge is -2.14. The number of pyridine rings is 1. The Morgan fingerprint density at radius 3 is 2.38 bits per heavy atom. The maximum absolute atomic E-state index is 13.3. The molecule has 8 heteroatoms. The molecule has 1 aliphatic rings.